The van der Waals surface area contributed by atoms with Crippen LogP contribution < -0.4 is 19.3 Å². The molecular weight excluding hydrogens is 378 g/mol. The first-order chi connectivity index (χ1) is 14.5. The molecule has 6 heteroatoms. The lowest BCUT2D eigenvalue weighted by atomic mass is 10.1. The van der Waals surface area contributed by atoms with Gasteiger partial charge in [0.15, 0.2) is 17.5 Å². The van der Waals surface area contributed by atoms with Crippen LogP contribution in [0.4, 0.5) is 5.69 Å². The summed E-state index contributed by atoms with van der Waals surface area (Å²) >= 11 is 0. The summed E-state index contributed by atoms with van der Waals surface area (Å²) in [5.41, 5.74) is 2.35. The number of para-hydroxylation sites is 1. The number of anilines is 1. The zero-order valence-electron chi connectivity index (χ0n) is 18.6. The fraction of sp³-hybridized carbons (Fsp3) is 0.458. The van der Waals surface area contributed by atoms with Gasteiger partial charge in [-0.15, -0.1) is 0 Å². The molecule has 3 rings (SSSR count). The monoisotopic (exact) mass is 412 g/mol. The highest BCUT2D eigenvalue weighted by Gasteiger charge is 2.29. The molecule has 1 saturated heterocycles. The molecule has 1 heterocycles. The standard InChI is InChI=1S/C24H33N3O3/c1-5-30-22-12-11-20(17-23(22)29-4)18-25(3)19(2)24(28)27-15-13-26(14-16-27)21-9-7-6-8-10-21/h6-12,17,19H,5,13-16,18H2,1-4H3/p+1/t19-/m0/s1. The number of nitrogens with one attached hydrogen (secondary N) is 1. The summed E-state index contributed by atoms with van der Waals surface area (Å²) in [6, 6.07) is 16.3. The van der Waals surface area contributed by atoms with E-state index in [0.717, 1.165) is 54.7 Å². The summed E-state index contributed by atoms with van der Waals surface area (Å²) in [4.78, 5) is 18.6. The summed E-state index contributed by atoms with van der Waals surface area (Å²) in [5, 5.41) is 0. The molecule has 162 valence electrons. The lowest BCUT2D eigenvalue weighted by Gasteiger charge is -2.37. The molecule has 1 N–H and O–H groups in total. The van der Waals surface area contributed by atoms with Gasteiger partial charge in [0.1, 0.15) is 6.54 Å². The van der Waals surface area contributed by atoms with E-state index in [4.69, 9.17) is 9.47 Å². The number of hydrogen-bond donors (Lipinski definition) is 1. The van der Waals surface area contributed by atoms with Crippen LogP contribution in [0.2, 0.25) is 0 Å². The van der Waals surface area contributed by atoms with E-state index in [0.29, 0.717) is 6.61 Å². The largest absolute Gasteiger partial charge is 0.493 e. The molecule has 0 saturated carbocycles. The van der Waals surface area contributed by atoms with Crippen LogP contribution in [0.15, 0.2) is 48.5 Å². The molecule has 30 heavy (non-hydrogen) atoms. The highest BCUT2D eigenvalue weighted by molar-refractivity contribution is 5.80. The summed E-state index contributed by atoms with van der Waals surface area (Å²) < 4.78 is 11.1. The average Bonchev–Trinajstić information content (AvgIpc) is 2.79. The Balaban J connectivity index is 1.56. The summed E-state index contributed by atoms with van der Waals surface area (Å²) in [6.07, 6.45) is 0. The minimum absolute atomic E-state index is 0.106. The van der Waals surface area contributed by atoms with E-state index >= 15 is 0 Å². The third kappa shape index (κ3) is 5.25. The number of piperazine rings is 1. The zero-order valence-corrected chi connectivity index (χ0v) is 18.6. The first-order valence-electron chi connectivity index (χ1n) is 10.7. The van der Waals surface area contributed by atoms with Crippen LogP contribution in [0.25, 0.3) is 0 Å². The molecule has 1 amide bonds. The van der Waals surface area contributed by atoms with Gasteiger partial charge in [-0.25, -0.2) is 0 Å². The summed E-state index contributed by atoms with van der Waals surface area (Å²) in [5.74, 6) is 1.71. The van der Waals surface area contributed by atoms with Crippen molar-refractivity contribution in [3.63, 3.8) is 0 Å². The van der Waals surface area contributed by atoms with E-state index in [1.807, 2.05) is 43.0 Å². The molecule has 0 spiro atoms. The molecular formula is C24H34N3O3+. The van der Waals surface area contributed by atoms with Crippen LogP contribution in [-0.4, -0.2) is 63.8 Å². The maximum absolute atomic E-state index is 13.1. The van der Waals surface area contributed by atoms with E-state index in [-0.39, 0.29) is 11.9 Å². The summed E-state index contributed by atoms with van der Waals surface area (Å²) in [6.45, 7) is 8.61. The summed E-state index contributed by atoms with van der Waals surface area (Å²) in [7, 11) is 3.73. The van der Waals surface area contributed by atoms with Crippen molar-refractivity contribution in [2.45, 2.75) is 26.4 Å². The Morgan fingerprint density at radius 2 is 1.77 bits per heavy atom. The Morgan fingerprint density at radius 3 is 2.40 bits per heavy atom. The predicted octanol–water partition coefficient (Wildman–Crippen LogP) is 1.85. The number of amides is 1. The van der Waals surface area contributed by atoms with Crippen molar-refractivity contribution in [1.29, 1.82) is 0 Å². The van der Waals surface area contributed by atoms with E-state index < -0.39 is 0 Å². The van der Waals surface area contributed by atoms with Crippen molar-refractivity contribution in [3.05, 3.63) is 54.1 Å². The Labute approximate surface area is 180 Å². The third-order valence-corrected chi connectivity index (χ3v) is 5.83. The molecule has 2 aromatic rings. The van der Waals surface area contributed by atoms with E-state index in [9.17, 15) is 4.79 Å². The van der Waals surface area contributed by atoms with Crippen LogP contribution in [0.5, 0.6) is 11.5 Å². The Kier molecular flexibility index (Phi) is 7.57. The molecule has 2 atom stereocenters. The highest BCUT2D eigenvalue weighted by atomic mass is 16.5. The molecule has 1 aliphatic heterocycles. The number of quaternary nitrogens is 1. The molecule has 1 unspecified atom stereocenters. The molecule has 0 radical (unpaired) electrons. The van der Waals surface area contributed by atoms with Gasteiger partial charge in [-0.1, -0.05) is 18.2 Å². The van der Waals surface area contributed by atoms with E-state index in [1.54, 1.807) is 7.11 Å². The maximum atomic E-state index is 13.1. The van der Waals surface area contributed by atoms with Gasteiger partial charge in [-0.2, -0.15) is 0 Å². The minimum Gasteiger partial charge on any atom is -0.493 e. The Bertz CT molecular complexity index is 820. The van der Waals surface area contributed by atoms with E-state index in [1.165, 1.54) is 5.69 Å². The van der Waals surface area contributed by atoms with Crippen molar-refractivity contribution < 1.29 is 19.2 Å². The fourth-order valence-electron chi connectivity index (χ4n) is 3.88. The number of ether oxygens (including phenoxy) is 2. The SMILES string of the molecule is CCOc1ccc(C[NH+](C)[C@@H](C)C(=O)N2CCN(c3ccccc3)CC2)cc1OC. The number of likely N-dealkylation sites (N-methyl/N-ethyl adjacent to an activating group) is 1. The lowest BCUT2D eigenvalue weighted by molar-refractivity contribution is -0.908. The smallest absolute Gasteiger partial charge is 0.280 e. The number of benzene rings is 2. The molecule has 0 aromatic heterocycles. The zero-order chi connectivity index (χ0) is 21.5. The normalized spacial score (nSPS) is 16.1. The Morgan fingerprint density at radius 1 is 1.07 bits per heavy atom. The van der Waals surface area contributed by atoms with Gasteiger partial charge >= 0.3 is 0 Å². The van der Waals surface area contributed by atoms with Gasteiger partial charge in [0, 0.05) is 37.4 Å². The van der Waals surface area contributed by atoms with Gasteiger partial charge < -0.3 is 24.2 Å². The topological polar surface area (TPSA) is 46.5 Å². The predicted molar refractivity (Wildman–Crippen MR) is 119 cm³/mol. The van der Waals surface area contributed by atoms with Gasteiger partial charge in [-0.05, 0) is 44.2 Å². The van der Waals surface area contributed by atoms with Crippen molar-refractivity contribution >= 4 is 11.6 Å². The van der Waals surface area contributed by atoms with Crippen molar-refractivity contribution in [1.82, 2.24) is 4.90 Å². The van der Waals surface area contributed by atoms with Gasteiger partial charge in [0.25, 0.3) is 5.91 Å². The van der Waals surface area contributed by atoms with Crippen molar-refractivity contribution in [3.8, 4) is 11.5 Å². The second kappa shape index (κ2) is 10.3. The van der Waals surface area contributed by atoms with E-state index in [2.05, 4.69) is 36.2 Å². The van der Waals surface area contributed by atoms with Crippen molar-refractivity contribution in [2.24, 2.45) is 0 Å². The average molecular weight is 413 g/mol. The van der Waals surface area contributed by atoms with Crippen LogP contribution in [0.1, 0.15) is 19.4 Å². The molecule has 2 aromatic carbocycles. The lowest BCUT2D eigenvalue weighted by Crippen LogP contribution is -3.12. The number of hydrogen-bond acceptors (Lipinski definition) is 4. The maximum Gasteiger partial charge on any atom is 0.280 e. The number of methoxy groups -OCH3 is 1. The fourth-order valence-corrected chi connectivity index (χ4v) is 3.88. The molecule has 0 bridgehead atoms. The highest BCUT2D eigenvalue weighted by Crippen LogP contribution is 2.27. The van der Waals surface area contributed by atoms with Crippen molar-refractivity contribution in [2.75, 3.05) is 51.8 Å². The second-order valence-electron chi connectivity index (χ2n) is 7.81. The second-order valence-corrected chi connectivity index (χ2v) is 7.81. The number of rotatable bonds is 8. The van der Waals surface area contributed by atoms with Crippen LogP contribution >= 0.6 is 0 Å². The van der Waals surface area contributed by atoms with Crippen LogP contribution in [0, 0.1) is 0 Å². The minimum atomic E-state index is -0.106. The molecule has 1 fully saturated rings. The molecule has 0 aliphatic carbocycles. The van der Waals surface area contributed by atoms with Gasteiger partial charge in [-0.3, -0.25) is 4.79 Å². The first-order valence-corrected chi connectivity index (χ1v) is 10.7. The third-order valence-electron chi connectivity index (χ3n) is 5.83. The number of nitrogens with zero attached hydrogens (tertiary/aromatic N) is 2. The number of carbonyl (C=O) groups is 1. The van der Waals surface area contributed by atoms with Crippen LogP contribution in [-0.2, 0) is 11.3 Å². The molecule has 6 nitrogen and oxygen atoms in total. The Hall–Kier alpha value is -2.73. The van der Waals surface area contributed by atoms with Gasteiger partial charge in [0.05, 0.1) is 20.8 Å². The quantitative estimate of drug-likeness (QED) is 0.719. The van der Waals surface area contributed by atoms with Crippen LogP contribution in [0.3, 0.4) is 0 Å². The first kappa shape index (κ1) is 22.0. The van der Waals surface area contributed by atoms with Gasteiger partial charge in [0.2, 0.25) is 0 Å². The molecule has 1 aliphatic rings. The number of carbonyl (C=O) groups excluding carboxylic acids is 1.